The second kappa shape index (κ2) is 6.31. The Morgan fingerprint density at radius 2 is 2.05 bits per heavy atom. The van der Waals surface area contributed by atoms with E-state index in [0.29, 0.717) is 11.8 Å². The standard InChI is InChI=1S/C17H22N2O2/c1-13-11-17(21-18-13)16-5-3-2-4-10-19(16)12-14-6-8-15(20)9-7-14/h6-9,11,16,20H,2-5,10,12H2,1H3/t16-/m0/s1. The largest absolute Gasteiger partial charge is 0.508 e. The molecule has 4 nitrogen and oxygen atoms in total. The van der Waals surface area contributed by atoms with Crippen molar-refractivity contribution >= 4 is 0 Å². The maximum absolute atomic E-state index is 9.40. The molecule has 0 unspecified atom stereocenters. The summed E-state index contributed by atoms with van der Waals surface area (Å²) in [7, 11) is 0. The molecule has 1 aromatic carbocycles. The number of phenolic OH excluding ortho intramolecular Hbond substituents is 1. The molecule has 4 heteroatoms. The van der Waals surface area contributed by atoms with Gasteiger partial charge in [-0.15, -0.1) is 0 Å². The maximum atomic E-state index is 9.40. The number of nitrogens with zero attached hydrogens (tertiary/aromatic N) is 2. The van der Waals surface area contributed by atoms with Crippen molar-refractivity contribution in [2.75, 3.05) is 6.54 Å². The van der Waals surface area contributed by atoms with Gasteiger partial charge in [0, 0.05) is 12.6 Å². The van der Waals surface area contributed by atoms with E-state index in [4.69, 9.17) is 4.52 Å². The average molecular weight is 286 g/mol. The minimum absolute atomic E-state index is 0.308. The molecule has 21 heavy (non-hydrogen) atoms. The molecule has 1 aromatic heterocycles. The van der Waals surface area contributed by atoms with Gasteiger partial charge in [0.1, 0.15) is 5.75 Å². The van der Waals surface area contributed by atoms with Crippen molar-refractivity contribution < 1.29 is 9.63 Å². The molecule has 1 saturated heterocycles. The summed E-state index contributed by atoms with van der Waals surface area (Å²) in [6.45, 7) is 3.92. The van der Waals surface area contributed by atoms with Gasteiger partial charge in [-0.3, -0.25) is 4.90 Å². The first-order valence-corrected chi connectivity index (χ1v) is 7.67. The van der Waals surface area contributed by atoms with Crippen molar-refractivity contribution in [2.24, 2.45) is 0 Å². The van der Waals surface area contributed by atoms with Gasteiger partial charge in [0.15, 0.2) is 5.76 Å². The Balaban J connectivity index is 1.80. The quantitative estimate of drug-likeness (QED) is 0.932. The molecular formula is C17H22N2O2. The van der Waals surface area contributed by atoms with Crippen LogP contribution >= 0.6 is 0 Å². The van der Waals surface area contributed by atoms with Gasteiger partial charge in [0.25, 0.3) is 0 Å². The van der Waals surface area contributed by atoms with Gasteiger partial charge in [-0.2, -0.15) is 0 Å². The number of aromatic nitrogens is 1. The van der Waals surface area contributed by atoms with Gasteiger partial charge in [-0.05, 0) is 44.0 Å². The predicted molar refractivity (Wildman–Crippen MR) is 81.0 cm³/mol. The molecule has 0 spiro atoms. The van der Waals surface area contributed by atoms with Crippen LogP contribution in [0.1, 0.15) is 48.7 Å². The van der Waals surface area contributed by atoms with E-state index in [1.807, 2.05) is 19.1 Å². The van der Waals surface area contributed by atoms with Crippen molar-refractivity contribution in [1.29, 1.82) is 0 Å². The lowest BCUT2D eigenvalue weighted by atomic mass is 10.1. The van der Waals surface area contributed by atoms with E-state index in [1.165, 1.54) is 24.8 Å². The van der Waals surface area contributed by atoms with E-state index in [1.54, 1.807) is 12.1 Å². The molecule has 0 saturated carbocycles. The monoisotopic (exact) mass is 286 g/mol. The van der Waals surface area contributed by atoms with Crippen molar-refractivity contribution in [2.45, 2.75) is 45.2 Å². The fourth-order valence-corrected chi connectivity index (χ4v) is 3.06. The summed E-state index contributed by atoms with van der Waals surface area (Å²) in [5, 5.41) is 13.4. The number of phenols is 1. The van der Waals surface area contributed by atoms with Gasteiger partial charge >= 0.3 is 0 Å². The highest BCUT2D eigenvalue weighted by Gasteiger charge is 2.25. The van der Waals surface area contributed by atoms with E-state index in [-0.39, 0.29) is 0 Å². The predicted octanol–water partition coefficient (Wildman–Crippen LogP) is 3.81. The number of benzene rings is 1. The SMILES string of the molecule is Cc1cc([C@@H]2CCCCCN2Cc2ccc(O)cc2)on1. The average Bonchev–Trinajstić information content (AvgIpc) is 2.77. The smallest absolute Gasteiger partial charge is 0.154 e. The first-order valence-electron chi connectivity index (χ1n) is 7.67. The molecule has 1 aliphatic heterocycles. The second-order valence-electron chi connectivity index (χ2n) is 5.87. The number of likely N-dealkylation sites (tertiary alicyclic amines) is 1. The first kappa shape index (κ1) is 14.1. The zero-order valence-electron chi connectivity index (χ0n) is 12.5. The van der Waals surface area contributed by atoms with Crippen molar-refractivity contribution in [3.8, 4) is 5.75 Å². The minimum atomic E-state index is 0.308. The van der Waals surface area contributed by atoms with Crippen molar-refractivity contribution in [3.63, 3.8) is 0 Å². The number of hydrogen-bond acceptors (Lipinski definition) is 4. The van der Waals surface area contributed by atoms with Gasteiger partial charge in [0.05, 0.1) is 11.7 Å². The van der Waals surface area contributed by atoms with Gasteiger partial charge in [0.2, 0.25) is 0 Å². The molecule has 0 aliphatic carbocycles. The summed E-state index contributed by atoms with van der Waals surface area (Å²) in [5.74, 6) is 1.30. The van der Waals surface area contributed by atoms with Crippen molar-refractivity contribution in [3.05, 3.63) is 47.3 Å². The van der Waals surface area contributed by atoms with Crippen LogP contribution in [0.5, 0.6) is 5.75 Å². The Morgan fingerprint density at radius 1 is 1.24 bits per heavy atom. The Labute approximate surface area is 125 Å². The Bertz CT molecular complexity index is 577. The van der Waals surface area contributed by atoms with E-state index in [2.05, 4.69) is 16.1 Å². The maximum Gasteiger partial charge on any atom is 0.154 e. The molecule has 112 valence electrons. The molecule has 1 N–H and O–H groups in total. The Kier molecular flexibility index (Phi) is 4.25. The van der Waals surface area contributed by atoms with E-state index < -0.39 is 0 Å². The lowest BCUT2D eigenvalue weighted by molar-refractivity contribution is 0.160. The summed E-state index contributed by atoms with van der Waals surface area (Å²) < 4.78 is 5.51. The zero-order valence-corrected chi connectivity index (χ0v) is 12.5. The number of aromatic hydroxyl groups is 1. The second-order valence-corrected chi connectivity index (χ2v) is 5.87. The third-order valence-electron chi connectivity index (χ3n) is 4.16. The fraction of sp³-hybridized carbons (Fsp3) is 0.471. The van der Waals surface area contributed by atoms with Crippen LogP contribution in [0.15, 0.2) is 34.9 Å². The van der Waals surface area contributed by atoms with Crippen LogP contribution in [0.4, 0.5) is 0 Å². The van der Waals surface area contributed by atoms with Gasteiger partial charge in [-0.1, -0.05) is 30.1 Å². The molecule has 1 aliphatic rings. The summed E-state index contributed by atoms with van der Waals surface area (Å²) in [6.07, 6.45) is 4.85. The molecule has 0 radical (unpaired) electrons. The lowest BCUT2D eigenvalue weighted by Gasteiger charge is -2.28. The highest BCUT2D eigenvalue weighted by atomic mass is 16.5. The first-order chi connectivity index (χ1) is 10.2. The van der Waals surface area contributed by atoms with Crippen LogP contribution in [0.25, 0.3) is 0 Å². The van der Waals surface area contributed by atoms with Crippen LogP contribution < -0.4 is 0 Å². The molecule has 2 heterocycles. The van der Waals surface area contributed by atoms with Gasteiger partial charge in [-0.25, -0.2) is 0 Å². The van der Waals surface area contributed by atoms with Crippen LogP contribution in [0.2, 0.25) is 0 Å². The van der Waals surface area contributed by atoms with E-state index in [9.17, 15) is 5.11 Å². The number of aryl methyl sites for hydroxylation is 1. The van der Waals surface area contributed by atoms with Crippen molar-refractivity contribution in [1.82, 2.24) is 10.1 Å². The van der Waals surface area contributed by atoms with E-state index >= 15 is 0 Å². The third-order valence-corrected chi connectivity index (χ3v) is 4.16. The van der Waals surface area contributed by atoms with Crippen LogP contribution in [-0.4, -0.2) is 21.7 Å². The Hall–Kier alpha value is -1.81. The zero-order chi connectivity index (χ0) is 14.7. The summed E-state index contributed by atoms with van der Waals surface area (Å²) in [5.41, 5.74) is 2.16. The Morgan fingerprint density at radius 3 is 2.76 bits per heavy atom. The summed E-state index contributed by atoms with van der Waals surface area (Å²) in [4.78, 5) is 2.47. The lowest BCUT2D eigenvalue weighted by Crippen LogP contribution is -2.27. The number of hydrogen-bond donors (Lipinski definition) is 1. The highest BCUT2D eigenvalue weighted by Crippen LogP contribution is 2.31. The highest BCUT2D eigenvalue weighted by molar-refractivity contribution is 5.26. The van der Waals surface area contributed by atoms with Gasteiger partial charge < -0.3 is 9.63 Å². The molecule has 2 aromatic rings. The third kappa shape index (κ3) is 3.45. The topological polar surface area (TPSA) is 49.5 Å². The molecule has 1 fully saturated rings. The summed E-state index contributed by atoms with van der Waals surface area (Å²) >= 11 is 0. The molecule has 3 rings (SSSR count). The fourth-order valence-electron chi connectivity index (χ4n) is 3.06. The van der Waals surface area contributed by atoms with Crippen LogP contribution in [-0.2, 0) is 6.54 Å². The minimum Gasteiger partial charge on any atom is -0.508 e. The normalized spacial score (nSPS) is 20.3. The molecule has 1 atom stereocenters. The van der Waals surface area contributed by atoms with Crippen LogP contribution in [0, 0.1) is 6.92 Å². The molecular weight excluding hydrogens is 264 g/mol. The summed E-state index contributed by atoms with van der Waals surface area (Å²) in [6, 6.07) is 9.84. The molecule has 0 amide bonds. The van der Waals surface area contributed by atoms with Crippen LogP contribution in [0.3, 0.4) is 0 Å². The number of rotatable bonds is 3. The van der Waals surface area contributed by atoms with E-state index in [0.717, 1.165) is 31.0 Å². The molecule has 0 bridgehead atoms.